The Bertz CT molecular complexity index is 140. The van der Waals surface area contributed by atoms with Crippen LogP contribution in [0.25, 0.3) is 0 Å². The third-order valence-corrected chi connectivity index (χ3v) is 1.17. The van der Waals surface area contributed by atoms with Crippen molar-refractivity contribution in [1.82, 2.24) is 15.4 Å². The molecule has 0 bridgehead atoms. The van der Waals surface area contributed by atoms with Crippen LogP contribution in [0.1, 0.15) is 0 Å². The van der Waals surface area contributed by atoms with E-state index in [2.05, 4.69) is 15.4 Å². The van der Waals surface area contributed by atoms with Gasteiger partial charge in [0.15, 0.2) is 0 Å². The summed E-state index contributed by atoms with van der Waals surface area (Å²) in [4.78, 5) is 0. The molecule has 0 aliphatic rings. The summed E-state index contributed by atoms with van der Waals surface area (Å²) >= 11 is 0.960. The Hall–Kier alpha value is 0.01000. The van der Waals surface area contributed by atoms with Crippen LogP contribution in [0, 0.1) is 0 Å². The first-order valence-electron chi connectivity index (χ1n) is 2.00. The van der Waals surface area contributed by atoms with Crippen LogP contribution in [0.5, 0.6) is 0 Å². The maximum absolute atomic E-state index is 3.68. The molecule has 0 aliphatic carbocycles. The predicted octanol–water partition coefficient (Wildman–Crippen LogP) is -1.33. The van der Waals surface area contributed by atoms with Gasteiger partial charge in [-0.2, -0.15) is 0 Å². The zero-order valence-electron chi connectivity index (χ0n) is 4.00. The molecule has 0 aromatic carbocycles. The van der Waals surface area contributed by atoms with Crippen LogP contribution in [0.15, 0.2) is 12.3 Å². The number of rotatable bonds is 0. The minimum atomic E-state index is 0.960. The summed E-state index contributed by atoms with van der Waals surface area (Å²) in [6.45, 7) is 0. The van der Waals surface area contributed by atoms with Gasteiger partial charge in [0.2, 0.25) is 0 Å². The van der Waals surface area contributed by atoms with E-state index in [9.17, 15) is 0 Å². The molecule has 0 N–H and O–H groups in total. The van der Waals surface area contributed by atoms with Crippen LogP contribution in [-0.2, 0) is 0 Å². The fourth-order valence-electron chi connectivity index (χ4n) is 0.301. The molecule has 0 saturated heterocycles. The molecule has 7 heavy (non-hydrogen) atoms. The molecule has 3 nitrogen and oxygen atoms in total. The molecule has 4 heteroatoms. The van der Waals surface area contributed by atoms with E-state index in [-0.39, 0.29) is 0 Å². The first kappa shape index (κ1) is 5.15. The van der Waals surface area contributed by atoms with Crippen molar-refractivity contribution in [1.29, 1.82) is 0 Å². The van der Waals surface area contributed by atoms with E-state index < -0.39 is 0 Å². The fraction of sp³-hybridized carbons (Fsp3) is 0. The summed E-state index contributed by atoms with van der Waals surface area (Å²) in [5, 5.41) is 10.6. The molecule has 1 aromatic heterocycles. The van der Waals surface area contributed by atoms with E-state index in [1.54, 1.807) is 6.20 Å². The van der Waals surface area contributed by atoms with Crippen LogP contribution in [0.2, 0.25) is 0 Å². The van der Waals surface area contributed by atoms with Crippen molar-refractivity contribution in [3.05, 3.63) is 12.3 Å². The Morgan fingerprint density at radius 1 is 1.57 bits per heavy atom. The normalized spacial score (nSPS) is 8.86. The van der Waals surface area contributed by atoms with E-state index in [0.29, 0.717) is 0 Å². The maximum atomic E-state index is 3.68. The Kier molecular flexibility index (Phi) is 1.73. The van der Waals surface area contributed by atoms with E-state index in [4.69, 9.17) is 0 Å². The van der Waals surface area contributed by atoms with Gasteiger partial charge >= 0.3 is 58.5 Å². The molecular formula is C3H2N3Na. The quantitative estimate of drug-likeness (QED) is 0.382. The third-order valence-electron chi connectivity index (χ3n) is 0.637. The van der Waals surface area contributed by atoms with Crippen molar-refractivity contribution in [2.75, 3.05) is 0 Å². The summed E-state index contributed by atoms with van der Waals surface area (Å²) in [6, 6.07) is 1.86. The van der Waals surface area contributed by atoms with Gasteiger partial charge in [0.25, 0.3) is 0 Å². The second-order valence-electron chi connectivity index (χ2n) is 1.26. The summed E-state index contributed by atoms with van der Waals surface area (Å²) in [5.41, 5.74) is 0. The Morgan fingerprint density at radius 3 is 2.71 bits per heavy atom. The van der Waals surface area contributed by atoms with Crippen molar-refractivity contribution in [3.63, 3.8) is 0 Å². The molecule has 0 spiro atoms. The van der Waals surface area contributed by atoms with Gasteiger partial charge in [-0.1, -0.05) is 0 Å². The molecule has 0 aliphatic heterocycles. The molecule has 0 saturated carbocycles. The Morgan fingerprint density at radius 2 is 2.43 bits per heavy atom. The molecule has 0 radical (unpaired) electrons. The van der Waals surface area contributed by atoms with Crippen molar-refractivity contribution < 1.29 is 0 Å². The summed E-state index contributed by atoms with van der Waals surface area (Å²) < 4.78 is 1.04. The summed E-state index contributed by atoms with van der Waals surface area (Å²) in [7, 11) is 0. The molecule has 1 rings (SSSR count). The first-order valence-corrected chi connectivity index (χ1v) is 3.00. The summed E-state index contributed by atoms with van der Waals surface area (Å²) in [6.07, 6.45) is 1.65. The standard InChI is InChI=1S/C3H2N3.Na/c1-2-4-6-5-3-1;/h1-2H;. The van der Waals surface area contributed by atoms with Gasteiger partial charge in [0, 0.05) is 0 Å². The fourth-order valence-corrected chi connectivity index (χ4v) is 0.539. The Labute approximate surface area is 58.6 Å². The molecule has 1 aromatic rings. The van der Waals surface area contributed by atoms with E-state index in [0.717, 1.165) is 30.9 Å². The van der Waals surface area contributed by atoms with Crippen LogP contribution >= 0.6 is 0 Å². The Balaban J connectivity index is 3.02. The van der Waals surface area contributed by atoms with Gasteiger partial charge in [-0.3, -0.25) is 0 Å². The average molecular weight is 103 g/mol. The topological polar surface area (TPSA) is 38.7 Å². The van der Waals surface area contributed by atoms with Crippen molar-refractivity contribution >= 4 is 30.9 Å². The molecule has 0 unspecified atom stereocenters. The predicted molar refractivity (Wildman–Crippen MR) is 25.2 cm³/mol. The molecule has 0 fully saturated rings. The second-order valence-corrected chi connectivity index (χ2v) is 2.29. The molecule has 0 amide bonds. The van der Waals surface area contributed by atoms with Crippen LogP contribution in [-0.4, -0.2) is 43.3 Å². The van der Waals surface area contributed by atoms with Gasteiger partial charge in [0.05, 0.1) is 0 Å². The second kappa shape index (κ2) is 2.35. The molecule has 0 atom stereocenters. The molecule has 1 heterocycles. The number of hydrogen-bond acceptors (Lipinski definition) is 3. The van der Waals surface area contributed by atoms with Crippen LogP contribution in [0.4, 0.5) is 0 Å². The van der Waals surface area contributed by atoms with Crippen molar-refractivity contribution in [2.45, 2.75) is 0 Å². The SMILES string of the molecule is [Na][c]1ccnnn1. The van der Waals surface area contributed by atoms with Gasteiger partial charge in [-0.15, -0.1) is 0 Å². The van der Waals surface area contributed by atoms with Crippen molar-refractivity contribution in [3.8, 4) is 0 Å². The minimum absolute atomic E-state index is 0.960. The van der Waals surface area contributed by atoms with Gasteiger partial charge in [-0.05, 0) is 0 Å². The van der Waals surface area contributed by atoms with Crippen LogP contribution < -0.4 is 2.94 Å². The number of nitrogens with zero attached hydrogens (tertiary/aromatic N) is 3. The zero-order valence-corrected chi connectivity index (χ0v) is 6.00. The van der Waals surface area contributed by atoms with Crippen LogP contribution in [0.3, 0.4) is 0 Å². The number of hydrogen-bond donors (Lipinski definition) is 0. The van der Waals surface area contributed by atoms with Gasteiger partial charge < -0.3 is 0 Å². The molecule has 30 valence electrons. The third kappa shape index (κ3) is 1.51. The van der Waals surface area contributed by atoms with E-state index in [1.165, 1.54) is 0 Å². The summed E-state index contributed by atoms with van der Waals surface area (Å²) in [5.74, 6) is 0. The van der Waals surface area contributed by atoms with E-state index >= 15 is 0 Å². The number of aromatic nitrogens is 3. The van der Waals surface area contributed by atoms with Gasteiger partial charge in [-0.25, -0.2) is 0 Å². The van der Waals surface area contributed by atoms with E-state index in [1.807, 2.05) is 6.07 Å². The van der Waals surface area contributed by atoms with Crippen molar-refractivity contribution in [2.24, 2.45) is 0 Å². The monoisotopic (exact) mass is 103 g/mol. The average Bonchev–Trinajstić information content (AvgIpc) is 1.69. The van der Waals surface area contributed by atoms with Gasteiger partial charge in [0.1, 0.15) is 0 Å². The zero-order chi connectivity index (χ0) is 5.11. The first-order chi connectivity index (χ1) is 3.39. The molecular weight excluding hydrogens is 101 g/mol.